The lowest BCUT2D eigenvalue weighted by Gasteiger charge is -2.19. The van der Waals surface area contributed by atoms with Crippen LogP contribution in [0.4, 0.5) is 5.69 Å². The molecule has 86 valence electrons. The van der Waals surface area contributed by atoms with Crippen LogP contribution in [0.5, 0.6) is 5.75 Å². The zero-order valence-corrected chi connectivity index (χ0v) is 9.57. The van der Waals surface area contributed by atoms with E-state index in [0.29, 0.717) is 29.4 Å². The van der Waals surface area contributed by atoms with Crippen LogP contribution >= 0.6 is 11.6 Å². The van der Waals surface area contributed by atoms with E-state index in [1.54, 1.807) is 18.2 Å². The normalized spacial score (nSPS) is 20.3. The van der Waals surface area contributed by atoms with Gasteiger partial charge in [0, 0.05) is 18.0 Å². The van der Waals surface area contributed by atoms with Gasteiger partial charge in [-0.3, -0.25) is 4.79 Å². The average Bonchev–Trinajstić information content (AvgIpc) is 2.60. The molecule has 0 saturated carbocycles. The van der Waals surface area contributed by atoms with Crippen molar-refractivity contribution in [2.24, 2.45) is 0 Å². The third kappa shape index (κ3) is 1.86. The maximum atomic E-state index is 11.7. The average molecular weight is 242 g/mol. The lowest BCUT2D eigenvalue weighted by atomic mass is 10.2. The molecule has 1 fully saturated rings. The largest absolute Gasteiger partial charge is 0.495 e. The maximum absolute atomic E-state index is 11.7. The first-order chi connectivity index (χ1) is 7.63. The van der Waals surface area contributed by atoms with Crippen LogP contribution in [-0.4, -0.2) is 30.8 Å². The molecular weight excluding hydrogens is 230 g/mol. The third-order valence-electron chi connectivity index (χ3n) is 2.61. The summed E-state index contributed by atoms with van der Waals surface area (Å²) in [6.07, 6.45) is -0.474. The number of hydrogen-bond donors (Lipinski definition) is 1. The van der Waals surface area contributed by atoms with Crippen molar-refractivity contribution in [1.82, 2.24) is 0 Å². The van der Waals surface area contributed by atoms with Crippen molar-refractivity contribution in [2.75, 3.05) is 18.6 Å². The van der Waals surface area contributed by atoms with Crippen LogP contribution in [0.1, 0.15) is 6.42 Å². The summed E-state index contributed by atoms with van der Waals surface area (Å²) in [5, 5.41) is 9.93. The number of benzene rings is 1. The van der Waals surface area contributed by atoms with E-state index in [1.165, 1.54) is 12.0 Å². The van der Waals surface area contributed by atoms with Crippen molar-refractivity contribution in [2.45, 2.75) is 12.5 Å². The molecule has 0 spiro atoms. The molecule has 4 nitrogen and oxygen atoms in total. The van der Waals surface area contributed by atoms with Crippen LogP contribution < -0.4 is 9.64 Å². The molecule has 0 aromatic heterocycles. The molecule has 1 N–H and O–H groups in total. The van der Waals surface area contributed by atoms with E-state index < -0.39 is 6.10 Å². The van der Waals surface area contributed by atoms with Gasteiger partial charge in [-0.2, -0.15) is 0 Å². The maximum Gasteiger partial charge on any atom is 0.255 e. The van der Waals surface area contributed by atoms with E-state index in [-0.39, 0.29) is 5.91 Å². The number of hydrogen-bond acceptors (Lipinski definition) is 3. The van der Waals surface area contributed by atoms with E-state index in [9.17, 15) is 9.90 Å². The van der Waals surface area contributed by atoms with Gasteiger partial charge in [0.1, 0.15) is 11.9 Å². The molecule has 2 rings (SSSR count). The van der Waals surface area contributed by atoms with Crippen LogP contribution in [0.2, 0.25) is 5.02 Å². The van der Waals surface area contributed by atoms with Crippen LogP contribution in [-0.2, 0) is 4.79 Å². The fourth-order valence-corrected chi connectivity index (χ4v) is 1.94. The lowest BCUT2D eigenvalue weighted by Crippen LogP contribution is -2.29. The summed E-state index contributed by atoms with van der Waals surface area (Å²) < 4.78 is 5.16. The minimum atomic E-state index is -0.913. The van der Waals surface area contributed by atoms with Gasteiger partial charge in [0.15, 0.2) is 0 Å². The Morgan fingerprint density at radius 1 is 1.56 bits per heavy atom. The van der Waals surface area contributed by atoms with Gasteiger partial charge in [-0.15, -0.1) is 0 Å². The lowest BCUT2D eigenvalue weighted by molar-refractivity contribution is -0.124. The van der Waals surface area contributed by atoms with Crippen molar-refractivity contribution in [1.29, 1.82) is 0 Å². The minimum absolute atomic E-state index is 0.305. The number of aliphatic hydroxyl groups excluding tert-OH is 1. The predicted octanol–water partition coefficient (Wildman–Crippen LogP) is 1.45. The second-order valence-corrected chi connectivity index (χ2v) is 4.05. The molecule has 16 heavy (non-hydrogen) atoms. The van der Waals surface area contributed by atoms with E-state index in [4.69, 9.17) is 16.3 Å². The highest BCUT2D eigenvalue weighted by Crippen LogP contribution is 2.33. The summed E-state index contributed by atoms with van der Waals surface area (Å²) in [6.45, 7) is 0.483. The van der Waals surface area contributed by atoms with E-state index >= 15 is 0 Å². The number of nitrogens with zero attached hydrogens (tertiary/aromatic N) is 1. The Labute approximate surface area is 98.4 Å². The Kier molecular flexibility index (Phi) is 3.03. The number of amides is 1. The first-order valence-corrected chi connectivity index (χ1v) is 5.34. The fraction of sp³-hybridized carbons (Fsp3) is 0.364. The molecule has 0 radical (unpaired) electrons. The molecule has 5 heteroatoms. The zero-order valence-electron chi connectivity index (χ0n) is 8.81. The highest BCUT2D eigenvalue weighted by Gasteiger charge is 2.32. The SMILES string of the molecule is COc1ccc(Cl)cc1N1CCC(O)C1=O. The molecule has 1 heterocycles. The number of aliphatic hydroxyl groups is 1. The quantitative estimate of drug-likeness (QED) is 0.853. The second-order valence-electron chi connectivity index (χ2n) is 3.61. The van der Waals surface area contributed by atoms with Crippen molar-refractivity contribution < 1.29 is 14.6 Å². The van der Waals surface area contributed by atoms with Crippen LogP contribution in [0.3, 0.4) is 0 Å². The molecule has 1 aliphatic rings. The number of ether oxygens (including phenoxy) is 1. The summed E-state index contributed by atoms with van der Waals surface area (Å²) in [4.78, 5) is 13.2. The standard InChI is InChI=1S/C11H12ClNO3/c1-16-10-3-2-7(12)6-8(10)13-5-4-9(14)11(13)15/h2-3,6,9,14H,4-5H2,1H3. The molecule has 0 bridgehead atoms. The van der Waals surface area contributed by atoms with Crippen molar-refractivity contribution in [3.63, 3.8) is 0 Å². The van der Waals surface area contributed by atoms with E-state index in [1.807, 2.05) is 0 Å². The molecule has 1 aromatic carbocycles. The minimum Gasteiger partial charge on any atom is -0.495 e. The predicted molar refractivity (Wildman–Crippen MR) is 61.0 cm³/mol. The smallest absolute Gasteiger partial charge is 0.255 e. The van der Waals surface area contributed by atoms with Gasteiger partial charge < -0.3 is 14.7 Å². The van der Waals surface area contributed by atoms with Crippen LogP contribution in [0, 0.1) is 0 Å². The van der Waals surface area contributed by atoms with Gasteiger partial charge in [0.25, 0.3) is 5.91 Å². The highest BCUT2D eigenvalue weighted by molar-refractivity contribution is 6.31. The Morgan fingerprint density at radius 3 is 2.88 bits per heavy atom. The monoisotopic (exact) mass is 241 g/mol. The fourth-order valence-electron chi connectivity index (χ4n) is 1.78. The first-order valence-electron chi connectivity index (χ1n) is 4.96. The molecule has 1 atom stereocenters. The van der Waals surface area contributed by atoms with Gasteiger partial charge in [-0.1, -0.05) is 11.6 Å². The van der Waals surface area contributed by atoms with Gasteiger partial charge >= 0.3 is 0 Å². The molecule has 1 unspecified atom stereocenters. The highest BCUT2D eigenvalue weighted by atomic mass is 35.5. The topological polar surface area (TPSA) is 49.8 Å². The molecular formula is C11H12ClNO3. The van der Waals surface area contributed by atoms with Gasteiger partial charge in [0.2, 0.25) is 0 Å². The van der Waals surface area contributed by atoms with E-state index in [2.05, 4.69) is 0 Å². The van der Waals surface area contributed by atoms with Gasteiger partial charge in [0.05, 0.1) is 12.8 Å². The van der Waals surface area contributed by atoms with Crippen molar-refractivity contribution in [3.8, 4) is 5.75 Å². The number of carbonyl (C=O) groups excluding carboxylic acids is 1. The van der Waals surface area contributed by atoms with Gasteiger partial charge in [-0.25, -0.2) is 0 Å². The van der Waals surface area contributed by atoms with Crippen molar-refractivity contribution in [3.05, 3.63) is 23.2 Å². The van der Waals surface area contributed by atoms with Gasteiger partial charge in [-0.05, 0) is 18.2 Å². The van der Waals surface area contributed by atoms with Crippen molar-refractivity contribution >= 4 is 23.2 Å². The zero-order chi connectivity index (χ0) is 11.7. The number of halogens is 1. The number of carbonyl (C=O) groups is 1. The summed E-state index contributed by atoms with van der Waals surface area (Å²) in [5.41, 5.74) is 0.608. The first kappa shape index (κ1) is 11.2. The van der Waals surface area contributed by atoms with E-state index in [0.717, 1.165) is 0 Å². The Balaban J connectivity index is 2.39. The molecule has 1 saturated heterocycles. The molecule has 1 amide bonds. The summed E-state index contributed by atoms with van der Waals surface area (Å²) >= 11 is 5.88. The van der Waals surface area contributed by atoms with Crippen LogP contribution in [0.15, 0.2) is 18.2 Å². The molecule has 0 aliphatic carbocycles. The molecule has 1 aromatic rings. The number of anilines is 1. The molecule has 1 aliphatic heterocycles. The second kappa shape index (κ2) is 4.31. The third-order valence-corrected chi connectivity index (χ3v) is 2.84. The summed E-state index contributed by atoms with van der Waals surface area (Å²) in [7, 11) is 1.53. The summed E-state index contributed by atoms with van der Waals surface area (Å²) in [5.74, 6) is 0.271. The number of methoxy groups -OCH3 is 1. The Hall–Kier alpha value is -1.26. The summed E-state index contributed by atoms with van der Waals surface area (Å²) in [6, 6.07) is 5.06. The van der Waals surface area contributed by atoms with Crippen LogP contribution in [0.25, 0.3) is 0 Å². The Morgan fingerprint density at radius 2 is 2.31 bits per heavy atom. The number of rotatable bonds is 2. The Bertz CT molecular complexity index is 422.